The van der Waals surface area contributed by atoms with E-state index >= 15 is 0 Å². The minimum absolute atomic E-state index is 0.0302. The van der Waals surface area contributed by atoms with Gasteiger partial charge < -0.3 is 14.6 Å². The van der Waals surface area contributed by atoms with Crippen molar-refractivity contribution in [2.45, 2.75) is 45.1 Å². The average molecular weight is 328 g/mol. The van der Waals surface area contributed by atoms with Gasteiger partial charge >= 0.3 is 0 Å². The largest absolute Gasteiger partial charge is 0.475 e. The highest BCUT2D eigenvalue weighted by Crippen LogP contribution is 2.25. The molecule has 0 aliphatic carbocycles. The third-order valence-electron chi connectivity index (χ3n) is 4.49. The molecule has 1 aliphatic rings. The van der Waals surface area contributed by atoms with Gasteiger partial charge in [0.1, 0.15) is 5.82 Å². The number of H-pyrrole nitrogens is 1. The number of aromatic amines is 1. The Bertz CT molecular complexity index is 671. The minimum Gasteiger partial charge on any atom is -0.475 e. The lowest BCUT2D eigenvalue weighted by atomic mass is 9.97. The van der Waals surface area contributed by atoms with E-state index in [9.17, 15) is 4.79 Å². The van der Waals surface area contributed by atoms with Crippen molar-refractivity contribution in [1.82, 2.24) is 19.9 Å². The van der Waals surface area contributed by atoms with Crippen LogP contribution in [0.5, 0.6) is 5.88 Å². The number of nitrogens with zero attached hydrogens (tertiary/aromatic N) is 3. The molecule has 0 spiro atoms. The van der Waals surface area contributed by atoms with Gasteiger partial charge in [0.25, 0.3) is 5.91 Å². The highest BCUT2D eigenvalue weighted by Gasteiger charge is 2.27. The van der Waals surface area contributed by atoms with Gasteiger partial charge in [0, 0.05) is 49.2 Å². The summed E-state index contributed by atoms with van der Waals surface area (Å²) in [5, 5.41) is 0. The molecular formula is C18H24N4O2. The van der Waals surface area contributed by atoms with Gasteiger partial charge in [-0.1, -0.05) is 6.92 Å². The highest BCUT2D eigenvalue weighted by molar-refractivity contribution is 5.94. The first-order valence-electron chi connectivity index (χ1n) is 8.58. The standard InChI is InChI=1S/C18H24N4O2/c1-3-13(2)24-16-11-14(6-7-19-16)18(23)22-10-4-5-15(12-22)17-20-8-9-21-17/h6-9,11,13,15H,3-5,10,12H2,1-2H3,(H,20,21)/t13-,15+/m0/s1. The summed E-state index contributed by atoms with van der Waals surface area (Å²) in [5.74, 6) is 1.77. The van der Waals surface area contributed by atoms with Crippen molar-refractivity contribution in [3.05, 3.63) is 42.1 Å². The van der Waals surface area contributed by atoms with E-state index in [0.29, 0.717) is 18.0 Å². The van der Waals surface area contributed by atoms with Gasteiger partial charge in [-0.05, 0) is 32.3 Å². The molecule has 3 rings (SSSR count). The molecule has 0 aromatic carbocycles. The molecule has 1 fully saturated rings. The first kappa shape index (κ1) is 16.5. The number of nitrogens with one attached hydrogen (secondary N) is 1. The summed E-state index contributed by atoms with van der Waals surface area (Å²) in [4.78, 5) is 26.4. The van der Waals surface area contributed by atoms with Crippen LogP contribution in [-0.4, -0.2) is 45.0 Å². The van der Waals surface area contributed by atoms with E-state index in [0.717, 1.165) is 31.6 Å². The summed E-state index contributed by atoms with van der Waals surface area (Å²) in [6.07, 6.45) is 8.25. The first-order chi connectivity index (χ1) is 11.7. The third-order valence-corrected chi connectivity index (χ3v) is 4.49. The number of carbonyl (C=O) groups excluding carboxylic acids is 1. The van der Waals surface area contributed by atoms with Gasteiger partial charge in [0.05, 0.1) is 6.10 Å². The van der Waals surface area contributed by atoms with Crippen LogP contribution < -0.4 is 4.74 Å². The van der Waals surface area contributed by atoms with Gasteiger partial charge in [-0.3, -0.25) is 4.79 Å². The normalized spacial score (nSPS) is 19.1. The van der Waals surface area contributed by atoms with Crippen LogP contribution in [0.3, 0.4) is 0 Å². The molecule has 0 unspecified atom stereocenters. The quantitative estimate of drug-likeness (QED) is 0.916. The number of hydrogen-bond donors (Lipinski definition) is 1. The van der Waals surface area contributed by atoms with Gasteiger partial charge in [-0.25, -0.2) is 9.97 Å². The second kappa shape index (κ2) is 7.47. The first-order valence-corrected chi connectivity index (χ1v) is 8.58. The molecule has 1 N–H and O–H groups in total. The number of imidazole rings is 1. The number of hydrogen-bond acceptors (Lipinski definition) is 4. The van der Waals surface area contributed by atoms with E-state index < -0.39 is 0 Å². The molecule has 2 atom stereocenters. The van der Waals surface area contributed by atoms with Crippen LogP contribution in [0, 0.1) is 0 Å². The zero-order chi connectivity index (χ0) is 16.9. The minimum atomic E-state index is 0.0302. The molecule has 3 heterocycles. The molecule has 0 radical (unpaired) electrons. The van der Waals surface area contributed by atoms with Crippen molar-refractivity contribution < 1.29 is 9.53 Å². The zero-order valence-corrected chi connectivity index (χ0v) is 14.2. The Morgan fingerprint density at radius 2 is 2.33 bits per heavy atom. The van der Waals surface area contributed by atoms with Crippen molar-refractivity contribution in [3.63, 3.8) is 0 Å². The molecular weight excluding hydrogens is 304 g/mol. The topological polar surface area (TPSA) is 71.1 Å². The fourth-order valence-electron chi connectivity index (χ4n) is 2.96. The number of amides is 1. The Kier molecular flexibility index (Phi) is 5.13. The van der Waals surface area contributed by atoms with Gasteiger partial charge in [-0.15, -0.1) is 0 Å². The van der Waals surface area contributed by atoms with Crippen molar-refractivity contribution in [2.75, 3.05) is 13.1 Å². The van der Waals surface area contributed by atoms with Gasteiger partial charge in [0.2, 0.25) is 5.88 Å². The highest BCUT2D eigenvalue weighted by atomic mass is 16.5. The zero-order valence-electron chi connectivity index (χ0n) is 14.2. The summed E-state index contributed by atoms with van der Waals surface area (Å²) in [6, 6.07) is 3.49. The van der Waals surface area contributed by atoms with Gasteiger partial charge in [-0.2, -0.15) is 0 Å². The average Bonchev–Trinajstić information content (AvgIpc) is 3.16. The Balaban J connectivity index is 1.70. The maximum atomic E-state index is 12.8. The summed E-state index contributed by atoms with van der Waals surface area (Å²) in [6.45, 7) is 5.52. The van der Waals surface area contributed by atoms with E-state index in [1.165, 1.54) is 0 Å². The summed E-state index contributed by atoms with van der Waals surface area (Å²) in [5.41, 5.74) is 0.628. The molecule has 128 valence electrons. The summed E-state index contributed by atoms with van der Waals surface area (Å²) < 4.78 is 5.72. The van der Waals surface area contributed by atoms with Crippen molar-refractivity contribution in [2.24, 2.45) is 0 Å². The van der Waals surface area contributed by atoms with Crippen molar-refractivity contribution >= 4 is 5.91 Å². The number of carbonyl (C=O) groups is 1. The molecule has 1 amide bonds. The lowest BCUT2D eigenvalue weighted by molar-refractivity contribution is 0.0703. The van der Waals surface area contributed by atoms with Crippen LogP contribution in [-0.2, 0) is 0 Å². The van der Waals surface area contributed by atoms with E-state index in [4.69, 9.17) is 4.74 Å². The predicted molar refractivity (Wildman–Crippen MR) is 91.1 cm³/mol. The van der Waals surface area contributed by atoms with Crippen LogP contribution in [0.4, 0.5) is 0 Å². The maximum absolute atomic E-state index is 12.8. The SMILES string of the molecule is CC[C@H](C)Oc1cc(C(=O)N2CCC[C@@H](c3ncc[nH]3)C2)ccn1. The molecule has 0 bridgehead atoms. The second-order valence-electron chi connectivity index (χ2n) is 6.28. The van der Waals surface area contributed by atoms with E-state index in [-0.39, 0.29) is 17.9 Å². The molecule has 1 aliphatic heterocycles. The fraction of sp³-hybridized carbons (Fsp3) is 0.500. The van der Waals surface area contributed by atoms with Crippen LogP contribution in [0.2, 0.25) is 0 Å². The number of piperidine rings is 1. The molecule has 0 saturated carbocycles. The molecule has 24 heavy (non-hydrogen) atoms. The fourth-order valence-corrected chi connectivity index (χ4v) is 2.96. The Labute approximate surface area is 142 Å². The summed E-state index contributed by atoms with van der Waals surface area (Å²) >= 11 is 0. The Hall–Kier alpha value is -2.37. The molecule has 6 nitrogen and oxygen atoms in total. The number of pyridine rings is 1. The van der Waals surface area contributed by atoms with Crippen LogP contribution >= 0.6 is 0 Å². The maximum Gasteiger partial charge on any atom is 0.254 e. The van der Waals surface area contributed by atoms with Crippen LogP contribution in [0.15, 0.2) is 30.7 Å². The molecule has 1 saturated heterocycles. The molecule has 6 heteroatoms. The van der Waals surface area contributed by atoms with Gasteiger partial charge in [0.15, 0.2) is 0 Å². The third kappa shape index (κ3) is 3.75. The number of likely N-dealkylation sites (tertiary alicyclic amines) is 1. The van der Waals surface area contributed by atoms with E-state index in [1.54, 1.807) is 24.5 Å². The van der Waals surface area contributed by atoms with Crippen molar-refractivity contribution in [1.29, 1.82) is 0 Å². The lowest BCUT2D eigenvalue weighted by Gasteiger charge is -2.32. The predicted octanol–water partition coefficient (Wildman–Crippen LogP) is 3.00. The monoisotopic (exact) mass is 328 g/mol. The molecule has 2 aromatic heterocycles. The smallest absolute Gasteiger partial charge is 0.254 e. The number of rotatable bonds is 5. The Morgan fingerprint density at radius 3 is 3.08 bits per heavy atom. The lowest BCUT2D eigenvalue weighted by Crippen LogP contribution is -2.39. The molecule has 2 aromatic rings. The van der Waals surface area contributed by atoms with Crippen LogP contribution in [0.25, 0.3) is 0 Å². The second-order valence-corrected chi connectivity index (χ2v) is 6.28. The van der Waals surface area contributed by atoms with E-state index in [2.05, 4.69) is 21.9 Å². The summed E-state index contributed by atoms with van der Waals surface area (Å²) in [7, 11) is 0. The number of aromatic nitrogens is 3. The Morgan fingerprint density at radius 1 is 1.46 bits per heavy atom. The van der Waals surface area contributed by atoms with E-state index in [1.807, 2.05) is 18.0 Å². The number of ether oxygens (including phenoxy) is 1. The van der Waals surface area contributed by atoms with Crippen LogP contribution in [0.1, 0.15) is 55.2 Å². The van der Waals surface area contributed by atoms with Crippen molar-refractivity contribution in [3.8, 4) is 5.88 Å².